The van der Waals surface area contributed by atoms with Gasteiger partial charge in [0, 0.05) is 37.5 Å². The summed E-state index contributed by atoms with van der Waals surface area (Å²) < 4.78 is 0. The number of benzene rings is 1. The van der Waals surface area contributed by atoms with Gasteiger partial charge in [0.15, 0.2) is 0 Å². The summed E-state index contributed by atoms with van der Waals surface area (Å²) in [5.74, 6) is 0.718. The molecule has 6 heteroatoms. The van der Waals surface area contributed by atoms with Gasteiger partial charge in [-0.15, -0.1) is 12.4 Å². The molecule has 4 rings (SSSR count). The van der Waals surface area contributed by atoms with Crippen molar-refractivity contribution < 1.29 is 9.59 Å². The minimum Gasteiger partial charge on any atom is -0.353 e. The predicted molar refractivity (Wildman–Crippen MR) is 112 cm³/mol. The number of nitrogens with one attached hydrogen (secondary N) is 3. The second kappa shape index (κ2) is 9.75. The smallest absolute Gasteiger partial charge is 0.223 e. The van der Waals surface area contributed by atoms with Gasteiger partial charge >= 0.3 is 0 Å². The molecule has 3 aliphatic rings. The molecule has 3 N–H and O–H groups in total. The Hall–Kier alpha value is -1.59. The van der Waals surface area contributed by atoms with Crippen LogP contribution >= 0.6 is 12.4 Å². The van der Waals surface area contributed by atoms with E-state index in [9.17, 15) is 9.59 Å². The van der Waals surface area contributed by atoms with Crippen molar-refractivity contribution in [1.82, 2.24) is 16.0 Å². The SMILES string of the molecule is Cl.O=C(NCc1ccc2c(c1)CNC2)C1CCC(NC(=O)C2CCCC2)CC1. The molecule has 0 radical (unpaired) electrons. The van der Waals surface area contributed by atoms with E-state index in [0.29, 0.717) is 6.54 Å². The summed E-state index contributed by atoms with van der Waals surface area (Å²) in [4.78, 5) is 24.8. The third-order valence-corrected chi connectivity index (χ3v) is 6.54. The van der Waals surface area contributed by atoms with Crippen LogP contribution in [0.15, 0.2) is 18.2 Å². The van der Waals surface area contributed by atoms with Crippen LogP contribution in [0.1, 0.15) is 68.1 Å². The van der Waals surface area contributed by atoms with E-state index < -0.39 is 0 Å². The van der Waals surface area contributed by atoms with Crippen LogP contribution in [0.5, 0.6) is 0 Å². The van der Waals surface area contributed by atoms with Crippen LogP contribution in [-0.4, -0.2) is 17.9 Å². The molecule has 2 aliphatic carbocycles. The van der Waals surface area contributed by atoms with Crippen molar-refractivity contribution in [2.75, 3.05) is 0 Å². The number of fused-ring (bicyclic) bond motifs is 1. The summed E-state index contributed by atoms with van der Waals surface area (Å²) in [5.41, 5.74) is 3.88. The van der Waals surface area contributed by atoms with Gasteiger partial charge < -0.3 is 16.0 Å². The second-order valence-corrected chi connectivity index (χ2v) is 8.46. The van der Waals surface area contributed by atoms with Gasteiger partial charge in [-0.25, -0.2) is 0 Å². The Kier molecular flexibility index (Phi) is 7.36. The quantitative estimate of drug-likeness (QED) is 0.704. The van der Waals surface area contributed by atoms with Crippen molar-refractivity contribution in [3.63, 3.8) is 0 Å². The molecular weight excluding hydrogens is 374 g/mol. The lowest BCUT2D eigenvalue weighted by Gasteiger charge is -2.29. The molecular formula is C22H32ClN3O2. The zero-order valence-electron chi connectivity index (χ0n) is 16.5. The summed E-state index contributed by atoms with van der Waals surface area (Å²) >= 11 is 0. The van der Waals surface area contributed by atoms with Crippen LogP contribution in [0, 0.1) is 11.8 Å². The normalized spacial score (nSPS) is 24.3. The Balaban J connectivity index is 0.00000225. The summed E-state index contributed by atoms with van der Waals surface area (Å²) in [6.45, 7) is 2.47. The first kappa shape index (κ1) is 21.1. The van der Waals surface area contributed by atoms with Gasteiger partial charge in [-0.3, -0.25) is 9.59 Å². The van der Waals surface area contributed by atoms with E-state index in [2.05, 4.69) is 34.1 Å². The molecule has 1 aliphatic heterocycles. The molecule has 0 saturated heterocycles. The highest BCUT2D eigenvalue weighted by Gasteiger charge is 2.29. The largest absolute Gasteiger partial charge is 0.353 e. The first-order valence-corrected chi connectivity index (χ1v) is 10.6. The lowest BCUT2D eigenvalue weighted by atomic mass is 9.85. The van der Waals surface area contributed by atoms with Gasteiger partial charge in [-0.05, 0) is 55.2 Å². The average molecular weight is 406 g/mol. The Morgan fingerprint density at radius 2 is 1.57 bits per heavy atom. The maximum absolute atomic E-state index is 12.5. The van der Waals surface area contributed by atoms with Gasteiger partial charge in [0.05, 0.1) is 0 Å². The van der Waals surface area contributed by atoms with E-state index >= 15 is 0 Å². The lowest BCUT2D eigenvalue weighted by molar-refractivity contribution is -0.126. The maximum atomic E-state index is 12.5. The number of hydrogen-bond acceptors (Lipinski definition) is 3. The van der Waals surface area contributed by atoms with Gasteiger partial charge in [-0.2, -0.15) is 0 Å². The average Bonchev–Trinajstić information content (AvgIpc) is 3.38. The van der Waals surface area contributed by atoms with Gasteiger partial charge in [0.1, 0.15) is 0 Å². The molecule has 2 saturated carbocycles. The van der Waals surface area contributed by atoms with Crippen LogP contribution in [-0.2, 0) is 29.2 Å². The first-order valence-electron chi connectivity index (χ1n) is 10.6. The zero-order chi connectivity index (χ0) is 18.6. The number of amides is 2. The van der Waals surface area contributed by atoms with Crippen molar-refractivity contribution >= 4 is 24.2 Å². The second-order valence-electron chi connectivity index (χ2n) is 8.46. The van der Waals surface area contributed by atoms with Crippen LogP contribution in [0.25, 0.3) is 0 Å². The van der Waals surface area contributed by atoms with E-state index in [1.165, 1.54) is 29.5 Å². The Labute approximate surface area is 173 Å². The standard InChI is InChI=1S/C22H31N3O2.ClH/c26-21(24-12-15-5-6-18-13-23-14-19(18)11-15)17-7-9-20(10-8-17)25-22(27)16-3-1-2-4-16;/h5-6,11,16-17,20,23H,1-4,7-10,12-14H2,(H,24,26)(H,25,27);1H. The summed E-state index contributed by atoms with van der Waals surface area (Å²) in [6, 6.07) is 6.73. The number of halogens is 1. The molecule has 2 amide bonds. The summed E-state index contributed by atoms with van der Waals surface area (Å²) in [5, 5.41) is 9.69. The van der Waals surface area contributed by atoms with Crippen molar-refractivity contribution in [3.05, 3.63) is 34.9 Å². The van der Waals surface area contributed by atoms with Crippen LogP contribution in [0.4, 0.5) is 0 Å². The minimum absolute atomic E-state index is 0. The van der Waals surface area contributed by atoms with Crippen molar-refractivity contribution in [2.24, 2.45) is 11.8 Å². The summed E-state index contributed by atoms with van der Waals surface area (Å²) in [7, 11) is 0. The number of hydrogen-bond donors (Lipinski definition) is 3. The molecule has 2 fully saturated rings. The van der Waals surface area contributed by atoms with Crippen molar-refractivity contribution in [3.8, 4) is 0 Å². The molecule has 1 aromatic carbocycles. The zero-order valence-corrected chi connectivity index (χ0v) is 17.3. The molecule has 154 valence electrons. The molecule has 0 atom stereocenters. The third kappa shape index (κ3) is 5.06. The van der Waals surface area contributed by atoms with Gasteiger partial charge in [0.25, 0.3) is 0 Å². The van der Waals surface area contributed by atoms with E-state index in [1.807, 2.05) is 0 Å². The third-order valence-electron chi connectivity index (χ3n) is 6.54. The fourth-order valence-corrected chi connectivity index (χ4v) is 4.80. The molecule has 5 nitrogen and oxygen atoms in total. The van der Waals surface area contributed by atoms with Crippen LogP contribution in [0.2, 0.25) is 0 Å². The van der Waals surface area contributed by atoms with Crippen molar-refractivity contribution in [2.45, 2.75) is 77.0 Å². The van der Waals surface area contributed by atoms with Crippen LogP contribution < -0.4 is 16.0 Å². The molecule has 0 unspecified atom stereocenters. The van der Waals surface area contributed by atoms with Crippen LogP contribution in [0.3, 0.4) is 0 Å². The number of carbonyl (C=O) groups is 2. The highest BCUT2D eigenvalue weighted by molar-refractivity contribution is 5.85. The van der Waals surface area contributed by atoms with E-state index in [-0.39, 0.29) is 42.1 Å². The molecule has 0 aromatic heterocycles. The van der Waals surface area contributed by atoms with Crippen molar-refractivity contribution in [1.29, 1.82) is 0 Å². The molecule has 0 spiro atoms. The monoisotopic (exact) mass is 405 g/mol. The maximum Gasteiger partial charge on any atom is 0.223 e. The van der Waals surface area contributed by atoms with E-state index in [0.717, 1.165) is 51.6 Å². The van der Waals surface area contributed by atoms with Gasteiger partial charge in [0.2, 0.25) is 11.8 Å². The first-order chi connectivity index (χ1) is 13.2. The molecule has 1 heterocycles. The highest BCUT2D eigenvalue weighted by atomic mass is 35.5. The lowest BCUT2D eigenvalue weighted by Crippen LogP contribution is -2.42. The molecule has 28 heavy (non-hydrogen) atoms. The van der Waals surface area contributed by atoms with E-state index in [1.54, 1.807) is 0 Å². The topological polar surface area (TPSA) is 70.2 Å². The molecule has 1 aromatic rings. The fourth-order valence-electron chi connectivity index (χ4n) is 4.80. The van der Waals surface area contributed by atoms with Gasteiger partial charge in [-0.1, -0.05) is 31.0 Å². The summed E-state index contributed by atoms with van der Waals surface area (Å²) in [6.07, 6.45) is 8.04. The fraction of sp³-hybridized carbons (Fsp3) is 0.636. The molecule has 0 bridgehead atoms. The minimum atomic E-state index is 0. The van der Waals surface area contributed by atoms with E-state index in [4.69, 9.17) is 0 Å². The Morgan fingerprint density at radius 3 is 2.32 bits per heavy atom. The number of carbonyl (C=O) groups excluding carboxylic acids is 2. The predicted octanol–water partition coefficient (Wildman–Crippen LogP) is 3.19. The highest BCUT2D eigenvalue weighted by Crippen LogP contribution is 2.28. The number of rotatable bonds is 5. The Morgan fingerprint density at radius 1 is 0.893 bits per heavy atom. The Bertz CT molecular complexity index is 695.